The van der Waals surface area contributed by atoms with Gasteiger partial charge in [-0.1, -0.05) is 224 Å². The van der Waals surface area contributed by atoms with E-state index >= 15 is 0 Å². The van der Waals surface area contributed by atoms with Crippen LogP contribution in [0.4, 0.5) is 5.69 Å². The molecule has 0 aromatic heterocycles. The molecular formula is C65H58N4. The minimum Gasteiger partial charge on any atom is -0.366 e. The summed E-state index contributed by atoms with van der Waals surface area (Å²) in [5, 5.41) is 3.57. The minimum absolute atomic E-state index is 0.101. The molecule has 69 heavy (non-hydrogen) atoms. The molecule has 0 saturated heterocycles. The number of nitrogens with one attached hydrogen (secondary N) is 1. The van der Waals surface area contributed by atoms with Crippen LogP contribution in [-0.2, 0) is 13.0 Å². The molecule has 4 heteroatoms. The van der Waals surface area contributed by atoms with Gasteiger partial charge in [0.05, 0.1) is 6.04 Å². The number of anilines is 1. The van der Waals surface area contributed by atoms with Gasteiger partial charge in [-0.15, -0.1) is 0 Å². The first-order valence-electron chi connectivity index (χ1n) is 23.7. The summed E-state index contributed by atoms with van der Waals surface area (Å²) in [6, 6.07) is 89.2. The minimum atomic E-state index is -0.344. The van der Waals surface area contributed by atoms with E-state index in [2.05, 4.69) is 243 Å². The fourth-order valence-electron chi connectivity index (χ4n) is 8.91. The van der Waals surface area contributed by atoms with E-state index in [-0.39, 0.29) is 12.2 Å². The van der Waals surface area contributed by atoms with Crippen molar-refractivity contribution >= 4 is 5.69 Å². The van der Waals surface area contributed by atoms with Crippen molar-refractivity contribution < 1.29 is 0 Å². The van der Waals surface area contributed by atoms with Crippen molar-refractivity contribution in [3.8, 4) is 55.6 Å². The molecule has 0 heterocycles. The maximum Gasteiger partial charge on any atom is 0.101 e. The van der Waals surface area contributed by atoms with Crippen LogP contribution < -0.4 is 22.5 Å². The largest absolute Gasteiger partial charge is 0.366 e. The summed E-state index contributed by atoms with van der Waals surface area (Å²) in [5.41, 5.74) is 40.3. The number of para-hydroxylation sites is 1. The van der Waals surface area contributed by atoms with Crippen LogP contribution in [0.5, 0.6) is 0 Å². The van der Waals surface area contributed by atoms with Crippen LogP contribution in [-0.4, -0.2) is 0 Å². The number of rotatable bonds is 13. The van der Waals surface area contributed by atoms with Gasteiger partial charge in [0.2, 0.25) is 0 Å². The van der Waals surface area contributed by atoms with Crippen LogP contribution in [0.2, 0.25) is 0 Å². The van der Waals surface area contributed by atoms with Crippen molar-refractivity contribution in [3.63, 3.8) is 0 Å². The third kappa shape index (κ3) is 11.5. The third-order valence-electron chi connectivity index (χ3n) is 12.8. The van der Waals surface area contributed by atoms with Gasteiger partial charge in [-0.05, 0) is 138 Å². The Labute approximate surface area is 407 Å². The molecule has 0 aliphatic rings. The van der Waals surface area contributed by atoms with Crippen molar-refractivity contribution in [2.75, 3.05) is 5.32 Å². The zero-order chi connectivity index (χ0) is 47.4. The summed E-state index contributed by atoms with van der Waals surface area (Å²) in [5.74, 6) is 0. The van der Waals surface area contributed by atoms with E-state index in [1.165, 1.54) is 66.8 Å². The summed E-state index contributed by atoms with van der Waals surface area (Å²) < 4.78 is 0. The molecule has 0 fully saturated rings. The second-order valence-electron chi connectivity index (χ2n) is 17.5. The summed E-state index contributed by atoms with van der Waals surface area (Å²) in [7, 11) is 0. The van der Waals surface area contributed by atoms with Crippen molar-refractivity contribution in [3.05, 3.63) is 294 Å². The van der Waals surface area contributed by atoms with Gasteiger partial charge in [0.25, 0.3) is 0 Å². The molecule has 0 aliphatic carbocycles. The highest BCUT2D eigenvalue weighted by molar-refractivity contribution is 5.75. The molecule has 2 atom stereocenters. The first kappa shape index (κ1) is 46.0. The topological polar surface area (TPSA) is 90.1 Å². The number of hydrogen-bond acceptors (Lipinski definition) is 4. The van der Waals surface area contributed by atoms with Crippen LogP contribution in [0.25, 0.3) is 55.6 Å². The van der Waals surface area contributed by atoms with E-state index in [9.17, 15) is 0 Å². The van der Waals surface area contributed by atoms with Crippen LogP contribution >= 0.6 is 0 Å². The normalized spacial score (nSPS) is 11.8. The Morgan fingerprint density at radius 1 is 0.362 bits per heavy atom. The van der Waals surface area contributed by atoms with Crippen molar-refractivity contribution in [1.82, 2.24) is 0 Å². The Kier molecular flexibility index (Phi) is 14.7. The maximum atomic E-state index is 6.70. The van der Waals surface area contributed by atoms with Crippen LogP contribution in [0.15, 0.2) is 255 Å². The Morgan fingerprint density at radius 3 is 1.39 bits per heavy atom. The molecule has 2 unspecified atom stereocenters. The average Bonchev–Trinajstić information content (AvgIpc) is 3.42. The molecular weight excluding hydrogens is 837 g/mol. The molecule has 338 valence electrons. The molecule has 4 nitrogen and oxygen atoms in total. The highest BCUT2D eigenvalue weighted by atomic mass is 15.0. The second-order valence-corrected chi connectivity index (χ2v) is 17.5. The van der Waals surface area contributed by atoms with Gasteiger partial charge in [0, 0.05) is 12.2 Å². The monoisotopic (exact) mass is 894 g/mol. The molecule has 7 N–H and O–H groups in total. The van der Waals surface area contributed by atoms with Gasteiger partial charge in [-0.3, -0.25) is 0 Å². The van der Waals surface area contributed by atoms with E-state index in [1.54, 1.807) is 0 Å². The fraction of sp³-hybridized carbons (Fsp3) is 0.0769. The molecule has 0 aliphatic heterocycles. The Balaban J connectivity index is 0.000000189. The quantitative estimate of drug-likeness (QED) is 0.0868. The SMILES string of the molecule is Cc1ccccc1C(N)c1ccc(-c2cccc(-c3ccccc3)c2)cc1.NCc1cccc(-c2cccc(C(N)Nc3ccccc3Cc3ccc(-c4cccc(-c5ccccc5)c4)cc3)c2)c1. The fourth-order valence-corrected chi connectivity index (χ4v) is 8.91. The lowest BCUT2D eigenvalue weighted by molar-refractivity contribution is 0.833. The van der Waals surface area contributed by atoms with Crippen molar-refractivity contribution in [1.29, 1.82) is 0 Å². The lowest BCUT2D eigenvalue weighted by atomic mass is 9.93. The predicted octanol–water partition coefficient (Wildman–Crippen LogP) is 15.2. The number of aryl methyl sites for hydroxylation is 1. The van der Waals surface area contributed by atoms with E-state index in [0.717, 1.165) is 39.9 Å². The van der Waals surface area contributed by atoms with Crippen LogP contribution in [0.1, 0.15) is 51.2 Å². The summed E-state index contributed by atoms with van der Waals surface area (Å²) >= 11 is 0. The predicted molar refractivity (Wildman–Crippen MR) is 291 cm³/mol. The highest BCUT2D eigenvalue weighted by Gasteiger charge is 2.13. The van der Waals surface area contributed by atoms with E-state index < -0.39 is 0 Å². The van der Waals surface area contributed by atoms with Gasteiger partial charge in [-0.25, -0.2) is 0 Å². The van der Waals surface area contributed by atoms with Crippen LogP contribution in [0.3, 0.4) is 0 Å². The summed E-state index contributed by atoms with van der Waals surface area (Å²) in [6.07, 6.45) is 0.467. The van der Waals surface area contributed by atoms with Gasteiger partial charge in [-0.2, -0.15) is 0 Å². The standard InChI is InChI=1S/C39H35N3.C26H23N/c40-27-29-9-6-13-32(24-29)35-16-8-17-37(26-35)39(41)42-38-18-5-4-12-36(38)23-28-19-21-31(22-20-28)34-15-7-14-33(25-34)30-10-2-1-3-11-30;1-19-8-5-6-13-25(19)26(27)22-16-14-21(15-17-22)24-12-7-11-23(18-24)20-9-3-2-4-10-20/h1-22,24-26,39,42H,23,27,40-41H2;2-18,26H,27H2,1H3. The molecule has 10 aromatic rings. The molecule has 0 amide bonds. The van der Waals surface area contributed by atoms with E-state index in [0.29, 0.717) is 6.54 Å². The second kappa shape index (κ2) is 22.1. The third-order valence-corrected chi connectivity index (χ3v) is 12.8. The van der Waals surface area contributed by atoms with Gasteiger partial charge < -0.3 is 22.5 Å². The van der Waals surface area contributed by atoms with Crippen molar-refractivity contribution in [2.24, 2.45) is 17.2 Å². The molecule has 0 saturated carbocycles. The zero-order valence-corrected chi connectivity index (χ0v) is 39.0. The zero-order valence-electron chi connectivity index (χ0n) is 39.0. The van der Waals surface area contributed by atoms with Gasteiger partial charge in [0.15, 0.2) is 0 Å². The van der Waals surface area contributed by atoms with E-state index in [4.69, 9.17) is 17.2 Å². The Hall–Kier alpha value is -8.12. The number of benzene rings is 10. The summed E-state index contributed by atoms with van der Waals surface area (Å²) in [6.45, 7) is 2.63. The molecule has 10 rings (SSSR count). The molecule has 0 spiro atoms. The molecule has 0 radical (unpaired) electrons. The highest BCUT2D eigenvalue weighted by Crippen LogP contribution is 2.31. The maximum absolute atomic E-state index is 6.70. The average molecular weight is 895 g/mol. The van der Waals surface area contributed by atoms with Crippen molar-refractivity contribution in [2.45, 2.75) is 32.1 Å². The first-order valence-corrected chi connectivity index (χ1v) is 23.7. The first-order chi connectivity index (χ1) is 33.9. The van der Waals surface area contributed by atoms with Gasteiger partial charge in [0.1, 0.15) is 6.17 Å². The Morgan fingerprint density at radius 2 is 0.812 bits per heavy atom. The smallest absolute Gasteiger partial charge is 0.101 e. The van der Waals surface area contributed by atoms with Crippen LogP contribution in [0, 0.1) is 6.92 Å². The molecule has 10 aromatic carbocycles. The number of hydrogen-bond donors (Lipinski definition) is 4. The number of nitrogens with two attached hydrogens (primary N) is 3. The Bertz CT molecular complexity index is 3230. The van der Waals surface area contributed by atoms with E-state index in [1.807, 2.05) is 24.3 Å². The molecule has 0 bridgehead atoms. The summed E-state index contributed by atoms with van der Waals surface area (Å²) in [4.78, 5) is 0. The lowest BCUT2D eigenvalue weighted by Gasteiger charge is -2.19. The lowest BCUT2D eigenvalue weighted by Crippen LogP contribution is -2.20. The van der Waals surface area contributed by atoms with Gasteiger partial charge >= 0.3 is 0 Å².